The van der Waals surface area contributed by atoms with Gasteiger partial charge in [0, 0.05) is 36.1 Å². The number of hydrogen-bond acceptors (Lipinski definition) is 4. The lowest BCUT2D eigenvalue weighted by Crippen LogP contribution is -2.00. The molecule has 0 bridgehead atoms. The summed E-state index contributed by atoms with van der Waals surface area (Å²) >= 11 is 3.36. The van der Waals surface area contributed by atoms with Crippen molar-refractivity contribution in [2.75, 3.05) is 6.61 Å². The van der Waals surface area contributed by atoms with Gasteiger partial charge in [-0.1, -0.05) is 5.21 Å². The summed E-state index contributed by atoms with van der Waals surface area (Å²) in [5.74, 6) is 0. The molecule has 84 valence electrons. The van der Waals surface area contributed by atoms with Gasteiger partial charge in [-0.05, 0) is 27.6 Å². The molecule has 0 radical (unpaired) electrons. The third kappa shape index (κ3) is 2.86. The second kappa shape index (κ2) is 5.18. The molecule has 16 heavy (non-hydrogen) atoms. The van der Waals surface area contributed by atoms with Crippen LogP contribution in [-0.2, 0) is 13.0 Å². The largest absolute Gasteiger partial charge is 0.396 e. The van der Waals surface area contributed by atoms with Crippen molar-refractivity contribution in [3.63, 3.8) is 0 Å². The van der Waals surface area contributed by atoms with E-state index in [1.165, 1.54) is 0 Å². The molecule has 2 aromatic heterocycles. The number of aliphatic hydroxyl groups is 1. The molecule has 6 heteroatoms. The van der Waals surface area contributed by atoms with E-state index in [2.05, 4.69) is 31.2 Å². The van der Waals surface area contributed by atoms with Crippen LogP contribution >= 0.6 is 15.9 Å². The van der Waals surface area contributed by atoms with Crippen LogP contribution in [0.4, 0.5) is 0 Å². The molecule has 0 spiro atoms. The average molecular weight is 283 g/mol. The van der Waals surface area contributed by atoms with Gasteiger partial charge in [-0.25, -0.2) is 4.68 Å². The van der Waals surface area contributed by atoms with Crippen LogP contribution in [0.15, 0.2) is 29.1 Å². The van der Waals surface area contributed by atoms with E-state index in [-0.39, 0.29) is 6.61 Å². The van der Waals surface area contributed by atoms with Crippen LogP contribution in [0.2, 0.25) is 0 Å². The van der Waals surface area contributed by atoms with Crippen molar-refractivity contribution in [3.8, 4) is 0 Å². The summed E-state index contributed by atoms with van der Waals surface area (Å²) in [5, 5.41) is 16.7. The van der Waals surface area contributed by atoms with Crippen LogP contribution in [0.3, 0.4) is 0 Å². The molecule has 0 saturated carbocycles. The molecule has 5 nitrogen and oxygen atoms in total. The van der Waals surface area contributed by atoms with Crippen LogP contribution in [0.5, 0.6) is 0 Å². The first-order valence-electron chi connectivity index (χ1n) is 4.87. The van der Waals surface area contributed by atoms with Gasteiger partial charge in [0.1, 0.15) is 0 Å². The molecule has 2 heterocycles. The van der Waals surface area contributed by atoms with Gasteiger partial charge in [-0.2, -0.15) is 0 Å². The lowest BCUT2D eigenvalue weighted by atomic mass is 10.3. The van der Waals surface area contributed by atoms with Gasteiger partial charge in [0.15, 0.2) is 0 Å². The van der Waals surface area contributed by atoms with Crippen LogP contribution in [-0.4, -0.2) is 31.7 Å². The van der Waals surface area contributed by atoms with E-state index < -0.39 is 0 Å². The first-order valence-corrected chi connectivity index (χ1v) is 5.66. The van der Waals surface area contributed by atoms with Gasteiger partial charge in [0.05, 0.1) is 12.2 Å². The van der Waals surface area contributed by atoms with Crippen LogP contribution in [0, 0.1) is 0 Å². The van der Waals surface area contributed by atoms with Gasteiger partial charge >= 0.3 is 0 Å². The second-order valence-electron chi connectivity index (χ2n) is 3.39. The zero-order chi connectivity index (χ0) is 11.4. The monoisotopic (exact) mass is 282 g/mol. The molecule has 0 aliphatic carbocycles. The van der Waals surface area contributed by atoms with E-state index >= 15 is 0 Å². The molecule has 0 saturated heterocycles. The summed E-state index contributed by atoms with van der Waals surface area (Å²) in [6.45, 7) is 0.724. The van der Waals surface area contributed by atoms with Gasteiger partial charge < -0.3 is 5.11 Å². The van der Waals surface area contributed by atoms with Gasteiger partial charge in [0.2, 0.25) is 0 Å². The predicted octanol–water partition coefficient (Wildman–Crippen LogP) is 1.02. The molecule has 0 aliphatic heterocycles. The molecule has 0 aliphatic rings. The maximum Gasteiger partial charge on any atom is 0.0850 e. The second-order valence-corrected chi connectivity index (χ2v) is 4.31. The Morgan fingerprint density at radius 1 is 1.38 bits per heavy atom. The van der Waals surface area contributed by atoms with Crippen molar-refractivity contribution in [1.29, 1.82) is 0 Å². The van der Waals surface area contributed by atoms with E-state index in [4.69, 9.17) is 5.11 Å². The third-order valence-corrected chi connectivity index (χ3v) is 2.49. The highest BCUT2D eigenvalue weighted by Gasteiger charge is 2.01. The maximum absolute atomic E-state index is 8.76. The zero-order valence-electron chi connectivity index (χ0n) is 8.54. The summed E-state index contributed by atoms with van der Waals surface area (Å²) < 4.78 is 2.68. The molecule has 0 aromatic carbocycles. The number of pyridine rings is 1. The lowest BCUT2D eigenvalue weighted by Gasteiger charge is -2.00. The normalized spacial score (nSPS) is 10.6. The van der Waals surface area contributed by atoms with Crippen LogP contribution in [0.1, 0.15) is 11.3 Å². The Kier molecular flexibility index (Phi) is 3.63. The highest BCUT2D eigenvalue weighted by Crippen LogP contribution is 2.10. The highest BCUT2D eigenvalue weighted by atomic mass is 79.9. The minimum atomic E-state index is 0.0944. The molecule has 0 fully saturated rings. The summed E-state index contributed by atoms with van der Waals surface area (Å²) in [5.41, 5.74) is 1.85. The van der Waals surface area contributed by atoms with Gasteiger partial charge in [-0.15, -0.1) is 5.10 Å². The van der Waals surface area contributed by atoms with Crippen molar-refractivity contribution in [2.45, 2.75) is 13.0 Å². The predicted molar refractivity (Wildman–Crippen MR) is 61.9 cm³/mol. The molecular formula is C10H11BrN4O. The number of aromatic nitrogens is 4. The van der Waals surface area contributed by atoms with Gasteiger partial charge in [-0.3, -0.25) is 4.98 Å². The van der Waals surface area contributed by atoms with Gasteiger partial charge in [0.25, 0.3) is 0 Å². The maximum atomic E-state index is 8.76. The first kappa shape index (κ1) is 11.2. The van der Waals surface area contributed by atoms with E-state index in [1.54, 1.807) is 17.1 Å². The topological polar surface area (TPSA) is 63.8 Å². The fourth-order valence-electron chi connectivity index (χ4n) is 1.37. The smallest absolute Gasteiger partial charge is 0.0850 e. The molecule has 1 N–H and O–H groups in total. The van der Waals surface area contributed by atoms with Crippen LogP contribution < -0.4 is 0 Å². The Balaban J connectivity index is 2.08. The van der Waals surface area contributed by atoms with Crippen molar-refractivity contribution in [3.05, 3.63) is 40.4 Å². The van der Waals surface area contributed by atoms with E-state index in [1.807, 2.05) is 12.3 Å². The molecular weight excluding hydrogens is 272 g/mol. The van der Waals surface area contributed by atoms with E-state index in [9.17, 15) is 0 Å². The quantitative estimate of drug-likeness (QED) is 0.910. The summed E-state index contributed by atoms with van der Waals surface area (Å²) in [4.78, 5) is 4.08. The lowest BCUT2D eigenvalue weighted by molar-refractivity contribution is 0.298. The first-order chi connectivity index (χ1) is 7.78. The SMILES string of the molecule is OCCc1cn(Cc2cncc(Br)c2)nn1. The van der Waals surface area contributed by atoms with E-state index in [0.717, 1.165) is 15.7 Å². The number of aliphatic hydroxyl groups excluding tert-OH is 1. The van der Waals surface area contributed by atoms with Crippen LogP contribution in [0.25, 0.3) is 0 Å². The van der Waals surface area contributed by atoms with E-state index in [0.29, 0.717) is 13.0 Å². The number of halogens is 1. The number of hydrogen-bond donors (Lipinski definition) is 1. The Bertz CT molecular complexity index is 471. The Morgan fingerprint density at radius 3 is 3.00 bits per heavy atom. The molecule has 2 rings (SSSR count). The molecule has 2 aromatic rings. The Labute approximate surface area is 101 Å². The highest BCUT2D eigenvalue weighted by molar-refractivity contribution is 9.10. The Hall–Kier alpha value is -1.27. The zero-order valence-corrected chi connectivity index (χ0v) is 10.1. The standard InChI is InChI=1S/C10H11BrN4O/c11-9-3-8(4-12-5-9)6-15-7-10(1-2-16)13-14-15/h3-5,7,16H,1-2,6H2. The summed E-state index contributed by atoms with van der Waals surface area (Å²) in [6.07, 6.45) is 5.90. The average Bonchev–Trinajstić information content (AvgIpc) is 2.66. The fraction of sp³-hybridized carbons (Fsp3) is 0.300. The third-order valence-electron chi connectivity index (χ3n) is 2.06. The minimum absolute atomic E-state index is 0.0944. The van der Waals surface area contributed by atoms with Crippen molar-refractivity contribution >= 4 is 15.9 Å². The summed E-state index contributed by atoms with van der Waals surface area (Å²) in [7, 11) is 0. The minimum Gasteiger partial charge on any atom is -0.396 e. The number of rotatable bonds is 4. The van der Waals surface area contributed by atoms with Crippen molar-refractivity contribution in [2.24, 2.45) is 0 Å². The van der Waals surface area contributed by atoms with Crippen molar-refractivity contribution < 1.29 is 5.11 Å². The Morgan fingerprint density at radius 2 is 2.25 bits per heavy atom. The van der Waals surface area contributed by atoms with Crippen molar-refractivity contribution in [1.82, 2.24) is 20.0 Å². The summed E-state index contributed by atoms with van der Waals surface area (Å²) in [6, 6.07) is 1.99. The molecule has 0 atom stereocenters. The fourth-order valence-corrected chi connectivity index (χ4v) is 1.79. The molecule has 0 unspecified atom stereocenters. The molecule has 0 amide bonds. The number of nitrogens with zero attached hydrogens (tertiary/aromatic N) is 4.